The van der Waals surface area contributed by atoms with Crippen molar-refractivity contribution < 1.29 is 14.3 Å². The number of methoxy groups -OCH3 is 2. The summed E-state index contributed by atoms with van der Waals surface area (Å²) in [7, 11) is 3.17. The number of hydrogen-bond donors (Lipinski definition) is 1. The number of rotatable bonds is 6. The van der Waals surface area contributed by atoms with Crippen molar-refractivity contribution in [2.75, 3.05) is 14.2 Å². The normalized spacial score (nSPS) is 11.7. The molecule has 4 nitrogen and oxygen atoms in total. The first-order valence-electron chi connectivity index (χ1n) is 7.29. The second-order valence-corrected chi connectivity index (χ2v) is 6.12. The van der Waals surface area contributed by atoms with Crippen molar-refractivity contribution in [1.82, 2.24) is 5.32 Å². The molecule has 2 aromatic rings. The fourth-order valence-electron chi connectivity index (χ4n) is 2.30. The zero-order valence-corrected chi connectivity index (χ0v) is 15.0. The number of halogens is 1. The summed E-state index contributed by atoms with van der Waals surface area (Å²) >= 11 is 3.41. The lowest BCUT2D eigenvalue weighted by Crippen LogP contribution is -2.28. The van der Waals surface area contributed by atoms with Crippen LogP contribution in [0.15, 0.2) is 46.9 Å². The van der Waals surface area contributed by atoms with Gasteiger partial charge < -0.3 is 14.8 Å². The van der Waals surface area contributed by atoms with Crippen molar-refractivity contribution in [2.24, 2.45) is 0 Å². The van der Waals surface area contributed by atoms with E-state index in [1.807, 2.05) is 43.3 Å². The molecule has 1 amide bonds. The van der Waals surface area contributed by atoms with Crippen LogP contribution in [0.25, 0.3) is 0 Å². The molecular weight excluding hydrogens is 358 g/mol. The van der Waals surface area contributed by atoms with E-state index in [1.54, 1.807) is 20.3 Å². The van der Waals surface area contributed by atoms with E-state index in [0.29, 0.717) is 17.9 Å². The molecule has 2 rings (SSSR count). The topological polar surface area (TPSA) is 47.6 Å². The highest BCUT2D eigenvalue weighted by molar-refractivity contribution is 9.10. The van der Waals surface area contributed by atoms with Gasteiger partial charge in [0.15, 0.2) is 11.5 Å². The van der Waals surface area contributed by atoms with E-state index in [-0.39, 0.29) is 11.9 Å². The Labute approximate surface area is 144 Å². The van der Waals surface area contributed by atoms with Gasteiger partial charge >= 0.3 is 0 Å². The van der Waals surface area contributed by atoms with Crippen LogP contribution in [-0.4, -0.2) is 20.1 Å². The predicted octanol–water partition coefficient (Wildman–Crippen LogP) is 3.89. The fraction of sp³-hybridized carbons (Fsp3) is 0.278. The number of nitrogens with one attached hydrogen (secondary N) is 1. The number of carbonyl (C=O) groups is 1. The minimum Gasteiger partial charge on any atom is -0.493 e. The third-order valence-corrected chi connectivity index (χ3v) is 4.09. The van der Waals surface area contributed by atoms with Crippen LogP contribution < -0.4 is 14.8 Å². The first-order chi connectivity index (χ1) is 11.0. The number of ether oxygens (including phenoxy) is 2. The van der Waals surface area contributed by atoms with Crippen molar-refractivity contribution in [3.63, 3.8) is 0 Å². The highest BCUT2D eigenvalue weighted by Gasteiger charge is 2.12. The van der Waals surface area contributed by atoms with Gasteiger partial charge in [0.2, 0.25) is 5.91 Å². The van der Waals surface area contributed by atoms with Gasteiger partial charge in [0, 0.05) is 4.47 Å². The molecule has 0 radical (unpaired) electrons. The molecule has 0 spiro atoms. The van der Waals surface area contributed by atoms with Gasteiger partial charge in [-0.15, -0.1) is 0 Å². The van der Waals surface area contributed by atoms with Gasteiger partial charge in [-0.05, 0) is 42.3 Å². The molecule has 0 unspecified atom stereocenters. The summed E-state index contributed by atoms with van der Waals surface area (Å²) in [5.41, 5.74) is 1.94. The monoisotopic (exact) mass is 377 g/mol. The predicted molar refractivity (Wildman–Crippen MR) is 93.9 cm³/mol. The molecule has 0 bridgehead atoms. The lowest BCUT2D eigenvalue weighted by Gasteiger charge is -2.15. The Bertz CT molecular complexity index is 670. The Morgan fingerprint density at radius 1 is 1.09 bits per heavy atom. The maximum Gasteiger partial charge on any atom is 0.224 e. The quantitative estimate of drug-likeness (QED) is 0.830. The minimum absolute atomic E-state index is 0.0346. The molecule has 0 aliphatic carbocycles. The van der Waals surface area contributed by atoms with Crippen LogP contribution in [0, 0.1) is 0 Å². The van der Waals surface area contributed by atoms with E-state index in [4.69, 9.17) is 9.47 Å². The van der Waals surface area contributed by atoms with E-state index >= 15 is 0 Å². The zero-order valence-electron chi connectivity index (χ0n) is 13.4. The largest absolute Gasteiger partial charge is 0.493 e. The summed E-state index contributed by atoms with van der Waals surface area (Å²) in [6, 6.07) is 13.4. The van der Waals surface area contributed by atoms with Crippen molar-refractivity contribution >= 4 is 21.8 Å². The van der Waals surface area contributed by atoms with Gasteiger partial charge in [0.05, 0.1) is 26.7 Å². The van der Waals surface area contributed by atoms with E-state index in [2.05, 4.69) is 21.2 Å². The van der Waals surface area contributed by atoms with Gasteiger partial charge in [-0.2, -0.15) is 0 Å². The molecule has 0 aliphatic rings. The average molecular weight is 378 g/mol. The smallest absolute Gasteiger partial charge is 0.224 e. The molecule has 5 heteroatoms. The Balaban J connectivity index is 2.00. The average Bonchev–Trinajstić information content (AvgIpc) is 2.55. The Kier molecular flexibility index (Phi) is 6.04. The first-order valence-corrected chi connectivity index (χ1v) is 8.08. The number of carbonyl (C=O) groups excluding carboxylic acids is 1. The summed E-state index contributed by atoms with van der Waals surface area (Å²) in [4.78, 5) is 12.2. The van der Waals surface area contributed by atoms with Crippen LogP contribution in [-0.2, 0) is 11.2 Å². The standard InChI is InChI=1S/C18H20BrNO3/c1-12(14-5-7-15(19)8-6-14)20-18(21)11-13-4-9-16(22-2)17(10-13)23-3/h4-10,12H,11H2,1-3H3,(H,20,21)/t12-/m1/s1. The summed E-state index contributed by atoms with van der Waals surface area (Å²) in [5.74, 6) is 1.24. The summed E-state index contributed by atoms with van der Waals surface area (Å²) in [5, 5.41) is 3.00. The van der Waals surface area contributed by atoms with Crippen LogP contribution in [0.5, 0.6) is 11.5 Å². The molecular formula is C18H20BrNO3. The molecule has 0 aliphatic heterocycles. The van der Waals surface area contributed by atoms with E-state index < -0.39 is 0 Å². The molecule has 0 aromatic heterocycles. The molecule has 0 saturated carbocycles. The SMILES string of the molecule is COc1ccc(CC(=O)N[C@H](C)c2ccc(Br)cc2)cc1OC. The summed E-state index contributed by atoms with van der Waals surface area (Å²) in [6.45, 7) is 1.97. The van der Waals surface area contributed by atoms with Gasteiger partial charge in [0.1, 0.15) is 0 Å². The molecule has 122 valence electrons. The van der Waals surface area contributed by atoms with Crippen LogP contribution in [0.2, 0.25) is 0 Å². The summed E-state index contributed by atoms with van der Waals surface area (Å²) < 4.78 is 11.5. The third-order valence-electron chi connectivity index (χ3n) is 3.56. The molecule has 0 heterocycles. The van der Waals surface area contributed by atoms with E-state index in [9.17, 15) is 4.79 Å². The van der Waals surface area contributed by atoms with Crippen LogP contribution in [0.4, 0.5) is 0 Å². The molecule has 1 N–H and O–H groups in total. The first kappa shape index (κ1) is 17.3. The molecule has 0 saturated heterocycles. The lowest BCUT2D eigenvalue weighted by molar-refractivity contribution is -0.121. The molecule has 0 fully saturated rings. The highest BCUT2D eigenvalue weighted by Crippen LogP contribution is 2.27. The number of amides is 1. The molecule has 23 heavy (non-hydrogen) atoms. The van der Waals surface area contributed by atoms with E-state index in [0.717, 1.165) is 15.6 Å². The van der Waals surface area contributed by atoms with Gasteiger partial charge in [-0.3, -0.25) is 4.79 Å². The second kappa shape index (κ2) is 8.02. The van der Waals surface area contributed by atoms with Crippen molar-refractivity contribution in [3.05, 3.63) is 58.1 Å². The van der Waals surface area contributed by atoms with Crippen molar-refractivity contribution in [1.29, 1.82) is 0 Å². The Morgan fingerprint density at radius 2 is 1.74 bits per heavy atom. The molecule has 1 atom stereocenters. The minimum atomic E-state index is -0.0456. The third kappa shape index (κ3) is 4.73. The Morgan fingerprint density at radius 3 is 2.35 bits per heavy atom. The van der Waals surface area contributed by atoms with Crippen LogP contribution in [0.3, 0.4) is 0 Å². The maximum atomic E-state index is 12.2. The summed E-state index contributed by atoms with van der Waals surface area (Å²) in [6.07, 6.45) is 0.293. The zero-order chi connectivity index (χ0) is 16.8. The molecule has 2 aromatic carbocycles. The van der Waals surface area contributed by atoms with Gasteiger partial charge in [-0.25, -0.2) is 0 Å². The second-order valence-electron chi connectivity index (χ2n) is 5.21. The van der Waals surface area contributed by atoms with E-state index in [1.165, 1.54) is 0 Å². The number of benzene rings is 2. The number of hydrogen-bond acceptors (Lipinski definition) is 3. The highest BCUT2D eigenvalue weighted by atomic mass is 79.9. The fourth-order valence-corrected chi connectivity index (χ4v) is 2.57. The Hall–Kier alpha value is -2.01. The van der Waals surface area contributed by atoms with Crippen LogP contribution >= 0.6 is 15.9 Å². The maximum absolute atomic E-state index is 12.2. The van der Waals surface area contributed by atoms with Crippen molar-refractivity contribution in [2.45, 2.75) is 19.4 Å². The van der Waals surface area contributed by atoms with Crippen LogP contribution in [0.1, 0.15) is 24.1 Å². The lowest BCUT2D eigenvalue weighted by atomic mass is 10.1. The van der Waals surface area contributed by atoms with Gasteiger partial charge in [0.25, 0.3) is 0 Å². The van der Waals surface area contributed by atoms with Gasteiger partial charge in [-0.1, -0.05) is 34.1 Å². The van der Waals surface area contributed by atoms with Crippen molar-refractivity contribution in [3.8, 4) is 11.5 Å².